The van der Waals surface area contributed by atoms with Crippen LogP contribution in [0.5, 0.6) is 0 Å². The van der Waals surface area contributed by atoms with Crippen LogP contribution in [0.1, 0.15) is 43.5 Å². The van der Waals surface area contributed by atoms with Crippen LogP contribution >= 0.6 is 11.6 Å². The van der Waals surface area contributed by atoms with E-state index < -0.39 is 17.7 Å². The van der Waals surface area contributed by atoms with Crippen molar-refractivity contribution in [3.05, 3.63) is 106 Å². The summed E-state index contributed by atoms with van der Waals surface area (Å²) in [5.74, 6) is -0.572. The molecule has 3 aromatic rings. The number of rotatable bonds is 8. The van der Waals surface area contributed by atoms with Crippen LogP contribution in [0, 0.1) is 0 Å². The van der Waals surface area contributed by atoms with Crippen molar-refractivity contribution in [1.29, 1.82) is 0 Å². The van der Waals surface area contributed by atoms with Crippen LogP contribution in [-0.4, -0.2) is 61.5 Å². The number of hydrogen-bond acceptors (Lipinski definition) is 5. The second-order valence-corrected chi connectivity index (χ2v) is 9.64. The number of methoxy groups -OCH3 is 1. The molecular weight excluding hydrogens is 533 g/mol. The lowest BCUT2D eigenvalue weighted by Crippen LogP contribution is -2.49. The molecule has 1 fully saturated rings. The molecule has 1 unspecified atom stereocenters. The van der Waals surface area contributed by atoms with Gasteiger partial charge in [-0.15, -0.1) is 0 Å². The lowest BCUT2D eigenvalue weighted by atomic mass is 10.1. The van der Waals surface area contributed by atoms with Crippen LogP contribution in [0.3, 0.4) is 0 Å². The summed E-state index contributed by atoms with van der Waals surface area (Å²) < 4.78 is 49.6. The Kier molecular flexibility index (Phi) is 9.27. The topological polar surface area (TPSA) is 59.1 Å². The second kappa shape index (κ2) is 12.6. The van der Waals surface area contributed by atoms with E-state index in [1.54, 1.807) is 41.3 Å². The molecule has 1 heterocycles. The molecule has 39 heavy (non-hydrogen) atoms. The summed E-state index contributed by atoms with van der Waals surface area (Å²) in [6.45, 7) is 2.97. The lowest BCUT2D eigenvalue weighted by Gasteiger charge is -2.36. The first-order valence-electron chi connectivity index (χ1n) is 12.4. The molecule has 0 aliphatic carbocycles. The molecule has 1 saturated heterocycles. The van der Waals surface area contributed by atoms with E-state index >= 15 is 0 Å². The fourth-order valence-corrected chi connectivity index (χ4v) is 4.46. The largest absolute Gasteiger partial charge is 0.465 e. The Morgan fingerprint density at radius 1 is 0.872 bits per heavy atom. The van der Waals surface area contributed by atoms with Gasteiger partial charge >= 0.3 is 12.1 Å². The van der Waals surface area contributed by atoms with Crippen LogP contribution in [-0.2, 0) is 22.3 Å². The third-order valence-corrected chi connectivity index (χ3v) is 6.86. The highest BCUT2D eigenvalue weighted by Crippen LogP contribution is 2.30. The summed E-state index contributed by atoms with van der Waals surface area (Å²) in [5, 5.41) is 0.590. The Bertz CT molecular complexity index is 1260. The number of hydrogen-bond donors (Lipinski definition) is 0. The molecule has 1 aliphatic rings. The van der Waals surface area contributed by atoms with Crippen molar-refractivity contribution in [1.82, 2.24) is 9.80 Å². The number of esters is 1. The van der Waals surface area contributed by atoms with Crippen molar-refractivity contribution in [2.45, 2.75) is 18.9 Å². The minimum atomic E-state index is -4.39. The Morgan fingerprint density at radius 3 is 2.03 bits per heavy atom. The van der Waals surface area contributed by atoms with E-state index in [4.69, 9.17) is 21.1 Å². The summed E-state index contributed by atoms with van der Waals surface area (Å²) in [6.07, 6.45) is -4.74. The highest BCUT2D eigenvalue weighted by Gasteiger charge is 2.30. The first kappa shape index (κ1) is 28.6. The van der Waals surface area contributed by atoms with E-state index in [0.717, 1.165) is 17.7 Å². The van der Waals surface area contributed by atoms with Crippen molar-refractivity contribution in [2.75, 3.05) is 39.8 Å². The molecule has 0 bridgehead atoms. The SMILES string of the molecule is COC(=O)c1ccc(C(=O)N2CCN(CC(OCc3ccc(C(F)(F)F)cc3)c3ccc(Cl)cc3)CC2)cc1. The van der Waals surface area contributed by atoms with E-state index in [1.165, 1.54) is 19.2 Å². The zero-order valence-corrected chi connectivity index (χ0v) is 22.0. The Hall–Kier alpha value is -3.40. The van der Waals surface area contributed by atoms with Crippen LogP contribution < -0.4 is 0 Å². The molecule has 0 radical (unpaired) electrons. The van der Waals surface area contributed by atoms with Crippen LogP contribution in [0.4, 0.5) is 13.2 Å². The van der Waals surface area contributed by atoms with Crippen LogP contribution in [0.2, 0.25) is 5.02 Å². The number of carbonyl (C=O) groups is 2. The van der Waals surface area contributed by atoms with Gasteiger partial charge in [0.15, 0.2) is 0 Å². The monoisotopic (exact) mass is 560 g/mol. The summed E-state index contributed by atoms with van der Waals surface area (Å²) >= 11 is 6.06. The summed E-state index contributed by atoms with van der Waals surface area (Å²) in [6, 6.07) is 18.6. The number of halogens is 4. The average Bonchev–Trinajstić information content (AvgIpc) is 2.95. The van der Waals surface area contributed by atoms with Gasteiger partial charge in [-0.05, 0) is 59.7 Å². The number of alkyl halides is 3. The number of amides is 1. The first-order chi connectivity index (χ1) is 18.6. The number of carbonyl (C=O) groups excluding carboxylic acids is 2. The quantitative estimate of drug-likeness (QED) is 0.323. The van der Waals surface area contributed by atoms with Crippen molar-refractivity contribution in [3.63, 3.8) is 0 Å². The van der Waals surface area contributed by atoms with Gasteiger partial charge in [-0.3, -0.25) is 9.69 Å². The van der Waals surface area contributed by atoms with Gasteiger partial charge in [0.2, 0.25) is 0 Å². The van der Waals surface area contributed by atoms with Gasteiger partial charge in [0.25, 0.3) is 5.91 Å². The fraction of sp³-hybridized carbons (Fsp3) is 0.310. The maximum Gasteiger partial charge on any atom is 0.416 e. The number of ether oxygens (including phenoxy) is 2. The molecule has 1 aliphatic heterocycles. The molecule has 6 nitrogen and oxygen atoms in total. The van der Waals surface area contributed by atoms with Crippen molar-refractivity contribution >= 4 is 23.5 Å². The van der Waals surface area contributed by atoms with E-state index in [1.807, 2.05) is 12.1 Å². The third kappa shape index (κ3) is 7.59. The predicted molar refractivity (Wildman–Crippen MR) is 141 cm³/mol. The lowest BCUT2D eigenvalue weighted by molar-refractivity contribution is -0.137. The van der Waals surface area contributed by atoms with E-state index in [-0.39, 0.29) is 18.6 Å². The predicted octanol–water partition coefficient (Wildman–Crippen LogP) is 5.86. The van der Waals surface area contributed by atoms with E-state index in [2.05, 4.69) is 4.90 Å². The molecule has 206 valence electrons. The summed E-state index contributed by atoms with van der Waals surface area (Å²) in [4.78, 5) is 28.6. The van der Waals surface area contributed by atoms with Gasteiger partial charge < -0.3 is 14.4 Å². The molecule has 3 aromatic carbocycles. The molecule has 0 saturated carbocycles. The van der Waals surface area contributed by atoms with Gasteiger partial charge in [0.1, 0.15) is 0 Å². The third-order valence-electron chi connectivity index (χ3n) is 6.61. The van der Waals surface area contributed by atoms with Crippen molar-refractivity contribution in [3.8, 4) is 0 Å². The van der Waals surface area contributed by atoms with Gasteiger partial charge in [-0.25, -0.2) is 4.79 Å². The smallest absolute Gasteiger partial charge is 0.416 e. The molecule has 0 N–H and O–H groups in total. The normalized spacial score (nSPS) is 15.2. The second-order valence-electron chi connectivity index (χ2n) is 9.21. The van der Waals surface area contributed by atoms with Crippen LogP contribution in [0.15, 0.2) is 72.8 Å². The van der Waals surface area contributed by atoms with Gasteiger partial charge in [0, 0.05) is 43.3 Å². The fourth-order valence-electron chi connectivity index (χ4n) is 4.34. The standard InChI is InChI=1S/C29H28ClF3N2O4/c1-38-28(37)23-6-4-22(5-7-23)27(36)35-16-14-34(15-17-35)18-26(21-8-12-25(30)13-9-21)39-19-20-2-10-24(11-3-20)29(31,32)33/h2-13,26H,14-19H2,1H3. The molecule has 0 aromatic heterocycles. The zero-order chi connectivity index (χ0) is 28.0. The minimum Gasteiger partial charge on any atom is -0.465 e. The molecule has 1 amide bonds. The molecular formula is C29H28ClF3N2O4. The molecule has 1 atom stereocenters. The average molecular weight is 561 g/mol. The van der Waals surface area contributed by atoms with Crippen molar-refractivity contribution in [2.24, 2.45) is 0 Å². The van der Waals surface area contributed by atoms with Gasteiger partial charge in [-0.2, -0.15) is 13.2 Å². The van der Waals surface area contributed by atoms with Crippen molar-refractivity contribution < 1.29 is 32.2 Å². The molecule has 10 heteroatoms. The number of piperazine rings is 1. The molecule has 4 rings (SSSR count). The van der Waals surface area contributed by atoms with Crippen LogP contribution in [0.25, 0.3) is 0 Å². The molecule has 0 spiro atoms. The summed E-state index contributed by atoms with van der Waals surface area (Å²) in [5.41, 5.74) is 1.71. The van der Waals surface area contributed by atoms with Gasteiger partial charge in [0.05, 0.1) is 30.9 Å². The van der Waals surface area contributed by atoms with Gasteiger partial charge in [-0.1, -0.05) is 35.9 Å². The maximum atomic E-state index is 13.0. The first-order valence-corrected chi connectivity index (χ1v) is 12.7. The highest BCUT2D eigenvalue weighted by atomic mass is 35.5. The maximum absolute atomic E-state index is 13.0. The summed E-state index contributed by atoms with van der Waals surface area (Å²) in [7, 11) is 1.30. The highest BCUT2D eigenvalue weighted by molar-refractivity contribution is 6.30. The Morgan fingerprint density at radius 2 is 1.46 bits per heavy atom. The van der Waals surface area contributed by atoms with E-state index in [9.17, 15) is 22.8 Å². The Balaban J connectivity index is 1.37. The number of benzene rings is 3. The van der Waals surface area contributed by atoms with E-state index in [0.29, 0.717) is 54.4 Å². The minimum absolute atomic E-state index is 0.112. The Labute approximate surface area is 229 Å². The number of nitrogens with zero attached hydrogens (tertiary/aromatic N) is 2. The zero-order valence-electron chi connectivity index (χ0n) is 21.3.